The van der Waals surface area contributed by atoms with Gasteiger partial charge in [0, 0.05) is 25.2 Å². The minimum atomic E-state index is -0.533. The molecule has 1 aromatic carbocycles. The van der Waals surface area contributed by atoms with E-state index in [1.165, 1.54) is 23.1 Å². The van der Waals surface area contributed by atoms with Gasteiger partial charge in [-0.15, -0.1) is 0 Å². The van der Waals surface area contributed by atoms with Gasteiger partial charge in [-0.05, 0) is 18.9 Å². The summed E-state index contributed by atoms with van der Waals surface area (Å²) in [5, 5.41) is 11.0. The van der Waals surface area contributed by atoms with E-state index in [9.17, 15) is 19.7 Å². The lowest BCUT2D eigenvalue weighted by molar-refractivity contribution is -0.384. The molecule has 7 heteroatoms. The van der Waals surface area contributed by atoms with Crippen LogP contribution in [0.2, 0.25) is 0 Å². The van der Waals surface area contributed by atoms with Crippen molar-refractivity contribution >= 4 is 23.2 Å². The van der Waals surface area contributed by atoms with Crippen LogP contribution in [0.4, 0.5) is 11.4 Å². The number of hydrogen-bond acceptors (Lipinski definition) is 4. The topological polar surface area (TPSA) is 83.8 Å². The van der Waals surface area contributed by atoms with Gasteiger partial charge >= 0.3 is 0 Å². The molecule has 1 aromatic rings. The minimum absolute atomic E-state index is 0.00908. The summed E-state index contributed by atoms with van der Waals surface area (Å²) in [7, 11) is 0. The van der Waals surface area contributed by atoms with Gasteiger partial charge in [0.2, 0.25) is 5.91 Å². The highest BCUT2D eigenvalue weighted by molar-refractivity contribution is 6.10. The average molecular weight is 305 g/mol. The molecule has 0 fully saturated rings. The predicted molar refractivity (Wildman–Crippen MR) is 81.9 cm³/mol. The maximum atomic E-state index is 12.6. The minimum Gasteiger partial charge on any atom is -0.329 e. The van der Waals surface area contributed by atoms with E-state index in [1.54, 1.807) is 4.90 Å². The van der Waals surface area contributed by atoms with Gasteiger partial charge in [0.15, 0.2) is 0 Å². The molecule has 7 nitrogen and oxygen atoms in total. The Balaban J connectivity index is 2.56. The van der Waals surface area contributed by atoms with Crippen molar-refractivity contribution in [2.75, 3.05) is 24.5 Å². The van der Waals surface area contributed by atoms with Gasteiger partial charge in [0.25, 0.3) is 11.6 Å². The second-order valence-corrected chi connectivity index (χ2v) is 5.23. The summed E-state index contributed by atoms with van der Waals surface area (Å²) in [4.78, 5) is 38.5. The molecule has 2 rings (SSSR count). The second kappa shape index (κ2) is 6.55. The fraction of sp³-hybridized carbons (Fsp3) is 0.467. The van der Waals surface area contributed by atoms with Gasteiger partial charge in [-0.2, -0.15) is 0 Å². The van der Waals surface area contributed by atoms with Crippen molar-refractivity contribution in [2.24, 2.45) is 0 Å². The Morgan fingerprint density at radius 2 is 1.86 bits per heavy atom. The molecular formula is C15H19N3O4. The molecular weight excluding hydrogens is 286 g/mol. The number of benzene rings is 1. The van der Waals surface area contributed by atoms with E-state index in [-0.39, 0.29) is 29.6 Å². The number of carbonyl (C=O) groups excluding carboxylic acids is 2. The summed E-state index contributed by atoms with van der Waals surface area (Å²) in [5.74, 6) is -0.483. The fourth-order valence-electron chi connectivity index (χ4n) is 2.59. The van der Waals surface area contributed by atoms with E-state index in [0.717, 1.165) is 12.8 Å². The number of carbonyl (C=O) groups is 2. The van der Waals surface area contributed by atoms with Crippen LogP contribution in [-0.4, -0.2) is 41.3 Å². The van der Waals surface area contributed by atoms with Crippen molar-refractivity contribution in [3.8, 4) is 0 Å². The number of nitro benzene ring substituents is 1. The highest BCUT2D eigenvalue weighted by Crippen LogP contribution is 2.29. The summed E-state index contributed by atoms with van der Waals surface area (Å²) in [6, 6.07) is 4.09. The van der Waals surface area contributed by atoms with Crippen molar-refractivity contribution in [3.05, 3.63) is 33.9 Å². The maximum Gasteiger partial charge on any atom is 0.270 e. The summed E-state index contributed by atoms with van der Waals surface area (Å²) in [5.41, 5.74) is 0.539. The van der Waals surface area contributed by atoms with Crippen molar-refractivity contribution in [1.29, 1.82) is 0 Å². The number of nitrogens with zero attached hydrogens (tertiary/aromatic N) is 3. The van der Waals surface area contributed by atoms with E-state index in [0.29, 0.717) is 18.8 Å². The first-order valence-corrected chi connectivity index (χ1v) is 7.37. The molecule has 0 bridgehead atoms. The third-order valence-electron chi connectivity index (χ3n) is 3.57. The van der Waals surface area contributed by atoms with Crippen molar-refractivity contribution in [2.45, 2.75) is 26.7 Å². The Kier molecular flexibility index (Phi) is 4.75. The van der Waals surface area contributed by atoms with Crippen LogP contribution in [0.1, 0.15) is 37.0 Å². The fourth-order valence-corrected chi connectivity index (χ4v) is 2.59. The van der Waals surface area contributed by atoms with Crippen molar-refractivity contribution in [3.63, 3.8) is 0 Å². The largest absolute Gasteiger partial charge is 0.329 e. The van der Waals surface area contributed by atoms with Gasteiger partial charge in [-0.3, -0.25) is 19.7 Å². The van der Waals surface area contributed by atoms with Crippen molar-refractivity contribution in [1.82, 2.24) is 4.90 Å². The van der Waals surface area contributed by atoms with E-state index in [4.69, 9.17) is 0 Å². The summed E-state index contributed by atoms with van der Waals surface area (Å²) >= 11 is 0. The lowest BCUT2D eigenvalue weighted by atomic mass is 10.1. The van der Waals surface area contributed by atoms with Gasteiger partial charge in [0.05, 0.1) is 16.2 Å². The molecule has 0 radical (unpaired) electrons. The zero-order valence-electron chi connectivity index (χ0n) is 12.7. The number of amides is 2. The quantitative estimate of drug-likeness (QED) is 0.616. The summed E-state index contributed by atoms with van der Waals surface area (Å²) in [6.45, 7) is 4.80. The first-order valence-electron chi connectivity index (χ1n) is 7.37. The average Bonchev–Trinajstić information content (AvgIpc) is 2.58. The van der Waals surface area contributed by atoms with Gasteiger partial charge < -0.3 is 9.80 Å². The molecule has 0 saturated heterocycles. The molecule has 0 unspecified atom stereocenters. The molecule has 0 aromatic heterocycles. The molecule has 0 saturated carbocycles. The van der Waals surface area contributed by atoms with Crippen LogP contribution in [0.3, 0.4) is 0 Å². The third-order valence-corrected chi connectivity index (χ3v) is 3.57. The molecule has 22 heavy (non-hydrogen) atoms. The van der Waals surface area contributed by atoms with E-state index < -0.39 is 4.92 Å². The molecule has 0 atom stereocenters. The smallest absolute Gasteiger partial charge is 0.270 e. The monoisotopic (exact) mass is 305 g/mol. The predicted octanol–water partition coefficient (Wildman–Crippen LogP) is 2.20. The molecule has 1 aliphatic rings. The third kappa shape index (κ3) is 2.93. The Bertz CT molecular complexity index is 615. The zero-order chi connectivity index (χ0) is 16.3. The zero-order valence-corrected chi connectivity index (χ0v) is 12.7. The first-order chi connectivity index (χ1) is 10.5. The van der Waals surface area contributed by atoms with E-state index in [1.807, 2.05) is 13.8 Å². The number of fused-ring (bicyclic) bond motifs is 1. The maximum absolute atomic E-state index is 12.6. The van der Waals surface area contributed by atoms with Crippen LogP contribution in [-0.2, 0) is 4.79 Å². The van der Waals surface area contributed by atoms with Gasteiger partial charge in [-0.25, -0.2) is 0 Å². The highest BCUT2D eigenvalue weighted by atomic mass is 16.6. The Morgan fingerprint density at radius 1 is 1.18 bits per heavy atom. The van der Waals surface area contributed by atoms with Crippen LogP contribution in [0.5, 0.6) is 0 Å². The van der Waals surface area contributed by atoms with Crippen LogP contribution in [0.15, 0.2) is 18.2 Å². The van der Waals surface area contributed by atoms with Gasteiger partial charge in [-0.1, -0.05) is 13.8 Å². The SMILES string of the molecule is CCCN1CC(=O)N(CCC)c2ccc([N+](=O)[O-])cc2C1=O. The van der Waals surface area contributed by atoms with Crippen LogP contribution in [0.25, 0.3) is 0 Å². The Hall–Kier alpha value is -2.44. The number of non-ortho nitro benzene ring substituents is 1. The lowest BCUT2D eigenvalue weighted by Gasteiger charge is -2.22. The summed E-state index contributed by atoms with van der Waals surface area (Å²) < 4.78 is 0. The normalized spacial score (nSPS) is 14.8. The number of anilines is 1. The highest BCUT2D eigenvalue weighted by Gasteiger charge is 2.32. The second-order valence-electron chi connectivity index (χ2n) is 5.23. The van der Waals surface area contributed by atoms with Crippen LogP contribution < -0.4 is 4.90 Å². The molecule has 0 N–H and O–H groups in total. The van der Waals surface area contributed by atoms with Crippen molar-refractivity contribution < 1.29 is 14.5 Å². The molecule has 0 aliphatic carbocycles. The molecule has 1 aliphatic heterocycles. The molecule has 0 spiro atoms. The molecule has 118 valence electrons. The number of rotatable bonds is 5. The summed E-state index contributed by atoms with van der Waals surface area (Å²) in [6.07, 6.45) is 1.46. The molecule has 1 heterocycles. The van der Waals surface area contributed by atoms with E-state index in [2.05, 4.69) is 0 Å². The Morgan fingerprint density at radius 3 is 2.45 bits per heavy atom. The van der Waals surface area contributed by atoms with Gasteiger partial charge in [0.1, 0.15) is 6.54 Å². The standard InChI is InChI=1S/C15H19N3O4/c1-3-7-16-10-14(19)17(8-4-2)13-6-5-11(18(21)22)9-12(13)15(16)20/h5-6,9H,3-4,7-8,10H2,1-2H3. The number of hydrogen-bond donors (Lipinski definition) is 0. The number of nitro groups is 1. The van der Waals surface area contributed by atoms with Crippen LogP contribution in [0, 0.1) is 10.1 Å². The van der Waals surface area contributed by atoms with Crippen LogP contribution >= 0.6 is 0 Å². The lowest BCUT2D eigenvalue weighted by Crippen LogP contribution is -2.39. The van der Waals surface area contributed by atoms with E-state index >= 15 is 0 Å². The molecule has 2 amide bonds. The Labute approximate surface area is 128 Å². The first kappa shape index (κ1) is 15.9.